The fraction of sp³-hybridized carbons (Fsp3) is 0.316. The molecule has 0 bridgehead atoms. The topological polar surface area (TPSA) is 47.6 Å². The Morgan fingerprint density at radius 1 is 1.21 bits per heavy atom. The Hall–Kier alpha value is -1.69. The van der Waals surface area contributed by atoms with Crippen LogP contribution in [-0.4, -0.2) is 25.2 Å². The van der Waals surface area contributed by atoms with Gasteiger partial charge in [0, 0.05) is 23.7 Å². The van der Waals surface area contributed by atoms with Gasteiger partial charge < -0.3 is 14.8 Å². The van der Waals surface area contributed by atoms with Gasteiger partial charge >= 0.3 is 5.97 Å². The van der Waals surface area contributed by atoms with E-state index in [9.17, 15) is 4.79 Å². The van der Waals surface area contributed by atoms with E-state index in [-0.39, 0.29) is 12.6 Å². The summed E-state index contributed by atoms with van der Waals surface area (Å²) in [6, 6.07) is 15.7. The molecule has 126 valence electrons. The Balaban J connectivity index is 1.60. The van der Waals surface area contributed by atoms with Crippen molar-refractivity contribution in [2.75, 3.05) is 13.2 Å². The Morgan fingerprint density at radius 2 is 2.04 bits per heavy atom. The average Bonchev–Trinajstić information content (AvgIpc) is 3.12. The lowest BCUT2D eigenvalue weighted by Crippen LogP contribution is -2.28. The van der Waals surface area contributed by atoms with Gasteiger partial charge in [-0.1, -0.05) is 46.3 Å². The first-order valence-electron chi connectivity index (χ1n) is 8.02. The van der Waals surface area contributed by atoms with Crippen LogP contribution in [0.15, 0.2) is 53.0 Å². The maximum absolute atomic E-state index is 12.3. The lowest BCUT2D eigenvalue weighted by Gasteiger charge is -2.12. The number of ether oxygens (including phenoxy) is 2. The van der Waals surface area contributed by atoms with Gasteiger partial charge in [-0.15, -0.1) is 0 Å². The first-order valence-corrected chi connectivity index (χ1v) is 8.81. The number of hydrogen-bond acceptors (Lipinski definition) is 4. The summed E-state index contributed by atoms with van der Waals surface area (Å²) < 4.78 is 11.6. The van der Waals surface area contributed by atoms with Crippen molar-refractivity contribution in [3.8, 4) is 0 Å². The molecule has 24 heavy (non-hydrogen) atoms. The van der Waals surface area contributed by atoms with E-state index in [4.69, 9.17) is 9.47 Å². The summed E-state index contributed by atoms with van der Waals surface area (Å²) in [5.74, 6) is -0.314. The van der Waals surface area contributed by atoms with Crippen LogP contribution in [0.25, 0.3) is 0 Å². The molecule has 1 heterocycles. The van der Waals surface area contributed by atoms with Gasteiger partial charge in [-0.05, 0) is 35.7 Å². The van der Waals surface area contributed by atoms with E-state index in [0.717, 1.165) is 35.2 Å². The van der Waals surface area contributed by atoms with Gasteiger partial charge in [-0.2, -0.15) is 0 Å². The number of nitrogens with one attached hydrogen (secondary N) is 1. The second-order valence-corrected chi connectivity index (χ2v) is 6.77. The molecule has 0 radical (unpaired) electrons. The van der Waals surface area contributed by atoms with Gasteiger partial charge in [0.05, 0.1) is 12.2 Å². The summed E-state index contributed by atoms with van der Waals surface area (Å²) in [5, 5.41) is 3.45. The van der Waals surface area contributed by atoms with Crippen LogP contribution >= 0.6 is 15.9 Å². The molecule has 1 fully saturated rings. The van der Waals surface area contributed by atoms with Crippen molar-refractivity contribution in [3.05, 3.63) is 69.7 Å². The number of hydrogen-bond donors (Lipinski definition) is 1. The molecular formula is C19H20BrNO3. The van der Waals surface area contributed by atoms with Crippen molar-refractivity contribution in [2.24, 2.45) is 0 Å². The van der Waals surface area contributed by atoms with Crippen LogP contribution in [0.5, 0.6) is 0 Å². The van der Waals surface area contributed by atoms with E-state index < -0.39 is 0 Å². The molecule has 0 saturated carbocycles. The molecule has 1 atom stereocenters. The number of esters is 1. The highest BCUT2D eigenvalue weighted by Crippen LogP contribution is 2.18. The Kier molecular flexibility index (Phi) is 6.01. The third kappa shape index (κ3) is 4.90. The van der Waals surface area contributed by atoms with Gasteiger partial charge in [-0.3, -0.25) is 0 Å². The maximum Gasteiger partial charge on any atom is 0.338 e. The van der Waals surface area contributed by atoms with Crippen LogP contribution < -0.4 is 5.32 Å². The molecule has 4 nitrogen and oxygen atoms in total. The van der Waals surface area contributed by atoms with Crippen LogP contribution in [0.4, 0.5) is 0 Å². The smallest absolute Gasteiger partial charge is 0.338 e. The first kappa shape index (κ1) is 17.1. The second kappa shape index (κ2) is 8.42. The molecule has 1 aliphatic heterocycles. The predicted molar refractivity (Wildman–Crippen MR) is 95.8 cm³/mol. The predicted octanol–water partition coefficient (Wildman–Crippen LogP) is 3.68. The molecule has 5 heteroatoms. The Morgan fingerprint density at radius 3 is 2.79 bits per heavy atom. The van der Waals surface area contributed by atoms with Crippen molar-refractivity contribution in [1.82, 2.24) is 5.32 Å². The highest BCUT2D eigenvalue weighted by molar-refractivity contribution is 9.10. The van der Waals surface area contributed by atoms with Crippen LogP contribution in [0.3, 0.4) is 0 Å². The van der Waals surface area contributed by atoms with E-state index in [1.807, 2.05) is 42.5 Å². The van der Waals surface area contributed by atoms with Crippen molar-refractivity contribution in [3.63, 3.8) is 0 Å². The summed E-state index contributed by atoms with van der Waals surface area (Å²) in [7, 11) is 0. The normalized spacial score (nSPS) is 17.0. The minimum absolute atomic E-state index is 0.277. The minimum Gasteiger partial charge on any atom is -0.457 e. The number of carbonyl (C=O) groups excluding carboxylic acids is 1. The quantitative estimate of drug-likeness (QED) is 0.765. The summed E-state index contributed by atoms with van der Waals surface area (Å²) in [4.78, 5) is 12.3. The number of halogens is 1. The molecule has 3 rings (SSSR count). The molecule has 1 saturated heterocycles. The first-order chi connectivity index (χ1) is 11.7. The van der Waals surface area contributed by atoms with E-state index in [2.05, 4.69) is 21.2 Å². The fourth-order valence-electron chi connectivity index (χ4n) is 2.63. The zero-order chi connectivity index (χ0) is 16.8. The molecule has 2 aromatic carbocycles. The summed E-state index contributed by atoms with van der Waals surface area (Å²) in [6.07, 6.45) is 1.03. The van der Waals surface area contributed by atoms with Gasteiger partial charge in [-0.25, -0.2) is 4.79 Å². The van der Waals surface area contributed by atoms with Crippen LogP contribution in [0.2, 0.25) is 0 Å². The number of rotatable bonds is 6. The monoisotopic (exact) mass is 389 g/mol. The molecule has 1 unspecified atom stereocenters. The second-order valence-electron chi connectivity index (χ2n) is 5.85. The zero-order valence-electron chi connectivity index (χ0n) is 13.3. The fourth-order valence-corrected chi connectivity index (χ4v) is 3.18. The van der Waals surface area contributed by atoms with Crippen LogP contribution in [-0.2, 0) is 22.6 Å². The van der Waals surface area contributed by atoms with E-state index in [0.29, 0.717) is 18.2 Å². The van der Waals surface area contributed by atoms with Gasteiger partial charge in [0.1, 0.15) is 6.61 Å². The molecule has 0 spiro atoms. The molecule has 0 aliphatic carbocycles. The highest BCUT2D eigenvalue weighted by atomic mass is 79.9. The van der Waals surface area contributed by atoms with Crippen LogP contribution in [0, 0.1) is 0 Å². The third-order valence-corrected chi connectivity index (χ3v) is 4.39. The molecule has 0 amide bonds. The largest absolute Gasteiger partial charge is 0.457 e. The third-order valence-electron chi connectivity index (χ3n) is 3.93. The SMILES string of the molecule is O=C(OCc1ccccc1)c1cc(Br)cc(CNC2CCOC2)c1. The lowest BCUT2D eigenvalue weighted by molar-refractivity contribution is 0.0472. The highest BCUT2D eigenvalue weighted by Gasteiger charge is 2.15. The summed E-state index contributed by atoms with van der Waals surface area (Å²) in [6.45, 7) is 2.54. The molecular weight excluding hydrogens is 370 g/mol. The number of carbonyl (C=O) groups is 1. The van der Waals surface area contributed by atoms with E-state index >= 15 is 0 Å². The van der Waals surface area contributed by atoms with Crippen molar-refractivity contribution in [2.45, 2.75) is 25.6 Å². The number of benzene rings is 2. The molecule has 1 N–H and O–H groups in total. The van der Waals surface area contributed by atoms with Crippen molar-refractivity contribution < 1.29 is 14.3 Å². The zero-order valence-corrected chi connectivity index (χ0v) is 14.9. The Bertz CT molecular complexity index is 684. The molecule has 1 aliphatic rings. The standard InChI is InChI=1S/C19H20BrNO3/c20-17-9-15(11-21-18-6-7-23-13-18)8-16(10-17)19(22)24-12-14-4-2-1-3-5-14/h1-5,8-10,18,21H,6-7,11-13H2. The summed E-state index contributed by atoms with van der Waals surface area (Å²) >= 11 is 3.47. The van der Waals surface area contributed by atoms with Crippen molar-refractivity contribution in [1.29, 1.82) is 0 Å². The minimum atomic E-state index is -0.314. The van der Waals surface area contributed by atoms with Crippen LogP contribution in [0.1, 0.15) is 27.9 Å². The molecule has 0 aromatic heterocycles. The van der Waals surface area contributed by atoms with E-state index in [1.165, 1.54) is 0 Å². The maximum atomic E-state index is 12.3. The van der Waals surface area contributed by atoms with Gasteiger partial charge in [0.25, 0.3) is 0 Å². The lowest BCUT2D eigenvalue weighted by atomic mass is 10.1. The molecule has 2 aromatic rings. The van der Waals surface area contributed by atoms with Crippen molar-refractivity contribution >= 4 is 21.9 Å². The Labute approximate surface area is 150 Å². The van der Waals surface area contributed by atoms with Gasteiger partial charge in [0.15, 0.2) is 0 Å². The van der Waals surface area contributed by atoms with Gasteiger partial charge in [0.2, 0.25) is 0 Å². The average molecular weight is 390 g/mol. The van der Waals surface area contributed by atoms with E-state index in [1.54, 1.807) is 6.07 Å². The summed E-state index contributed by atoms with van der Waals surface area (Å²) in [5.41, 5.74) is 2.58.